The fraction of sp³-hybridized carbons (Fsp3) is 0.500. The number of hydrogen-bond acceptors (Lipinski definition) is 5. The smallest absolute Gasteiger partial charge is 0.306 e. The highest BCUT2D eigenvalue weighted by atomic mass is 35.5. The van der Waals surface area contributed by atoms with Crippen molar-refractivity contribution in [1.29, 1.82) is 0 Å². The monoisotopic (exact) mass is 404 g/mol. The Labute approximate surface area is 157 Å². The largest absolute Gasteiger partial charge is 0.495 e. The molecule has 1 N–H and O–H groups in total. The topological polar surface area (TPSA) is 104 Å². The number of piperidine rings is 1. The Hall–Kier alpha value is -1.84. The standard InChI is InChI=1S/C16H21ClN2O6S/c1-18(10-15(20)19-7-5-11(6-8-19)16(21)22)26(23,24)14-9-12(17)3-4-13(14)25-2/h3-4,9,11H,5-8,10H2,1-2H3,(H,21,22). The molecule has 1 fully saturated rings. The van der Waals surface area contributed by atoms with Gasteiger partial charge in [-0.2, -0.15) is 4.31 Å². The van der Waals surface area contributed by atoms with Crippen molar-refractivity contribution in [2.75, 3.05) is 33.8 Å². The van der Waals surface area contributed by atoms with E-state index in [0.29, 0.717) is 25.9 Å². The van der Waals surface area contributed by atoms with E-state index in [1.165, 1.54) is 37.3 Å². The van der Waals surface area contributed by atoms with Crippen molar-refractivity contribution in [1.82, 2.24) is 9.21 Å². The molecule has 0 unspecified atom stereocenters. The van der Waals surface area contributed by atoms with Crippen LogP contribution < -0.4 is 4.74 Å². The van der Waals surface area contributed by atoms with E-state index in [9.17, 15) is 18.0 Å². The van der Waals surface area contributed by atoms with Crippen molar-refractivity contribution in [3.8, 4) is 5.75 Å². The molecule has 144 valence electrons. The van der Waals surface area contributed by atoms with Crippen LogP contribution >= 0.6 is 11.6 Å². The lowest BCUT2D eigenvalue weighted by Crippen LogP contribution is -2.45. The number of carbonyl (C=O) groups is 2. The third kappa shape index (κ3) is 4.46. The summed E-state index contributed by atoms with van der Waals surface area (Å²) in [5.41, 5.74) is 0. The number of carbonyl (C=O) groups excluding carboxylic acids is 1. The van der Waals surface area contributed by atoms with Gasteiger partial charge in [-0.05, 0) is 31.0 Å². The van der Waals surface area contributed by atoms with Crippen molar-refractivity contribution in [2.45, 2.75) is 17.7 Å². The predicted molar refractivity (Wildman–Crippen MR) is 94.8 cm³/mol. The number of aliphatic carboxylic acids is 1. The minimum Gasteiger partial charge on any atom is -0.495 e. The molecule has 1 saturated heterocycles. The highest BCUT2D eigenvalue weighted by Gasteiger charge is 2.31. The number of nitrogens with zero attached hydrogens (tertiary/aromatic N) is 2. The first kappa shape index (κ1) is 20.5. The fourth-order valence-electron chi connectivity index (χ4n) is 2.77. The summed E-state index contributed by atoms with van der Waals surface area (Å²) in [4.78, 5) is 24.7. The van der Waals surface area contributed by atoms with Gasteiger partial charge in [-0.1, -0.05) is 11.6 Å². The molecule has 0 saturated carbocycles. The lowest BCUT2D eigenvalue weighted by atomic mass is 9.97. The maximum absolute atomic E-state index is 12.8. The molecule has 2 rings (SSSR count). The van der Waals surface area contributed by atoms with Crippen LogP contribution in [0.5, 0.6) is 5.75 Å². The number of carboxylic acids is 1. The van der Waals surface area contributed by atoms with Crippen molar-refractivity contribution in [2.24, 2.45) is 5.92 Å². The summed E-state index contributed by atoms with van der Waals surface area (Å²) in [6.45, 7) is 0.240. The molecule has 0 bridgehead atoms. The Morgan fingerprint density at radius 1 is 1.35 bits per heavy atom. The Bertz CT molecular complexity index is 790. The number of sulfonamides is 1. The van der Waals surface area contributed by atoms with Crippen molar-refractivity contribution >= 4 is 33.5 Å². The number of rotatable bonds is 6. The first-order valence-electron chi connectivity index (χ1n) is 7.97. The van der Waals surface area contributed by atoms with Gasteiger partial charge in [0.15, 0.2) is 0 Å². The summed E-state index contributed by atoms with van der Waals surface area (Å²) in [5, 5.41) is 9.24. The molecule has 0 aliphatic carbocycles. The molecule has 0 aromatic heterocycles. The van der Waals surface area contributed by atoms with Gasteiger partial charge in [0.2, 0.25) is 15.9 Å². The lowest BCUT2D eigenvalue weighted by Gasteiger charge is -2.31. The number of ether oxygens (including phenoxy) is 1. The van der Waals surface area contributed by atoms with Gasteiger partial charge in [-0.3, -0.25) is 9.59 Å². The van der Waals surface area contributed by atoms with Crippen LogP contribution in [-0.2, 0) is 19.6 Å². The van der Waals surface area contributed by atoms with E-state index in [1.54, 1.807) is 0 Å². The fourth-order valence-corrected chi connectivity index (χ4v) is 4.31. The maximum Gasteiger partial charge on any atom is 0.306 e. The number of amides is 1. The normalized spacial score (nSPS) is 15.9. The number of likely N-dealkylation sites (tertiary alicyclic amines) is 1. The Kier molecular flexibility index (Phi) is 6.48. The summed E-state index contributed by atoms with van der Waals surface area (Å²) in [6.07, 6.45) is 0.722. The maximum atomic E-state index is 12.8. The van der Waals surface area contributed by atoms with E-state index in [2.05, 4.69) is 0 Å². The molecular formula is C16H21ClN2O6S. The van der Waals surface area contributed by atoms with Crippen LogP contribution in [-0.4, -0.2) is 68.4 Å². The number of carboxylic acid groups (broad SMARTS) is 1. The van der Waals surface area contributed by atoms with Crippen LogP contribution in [0.3, 0.4) is 0 Å². The van der Waals surface area contributed by atoms with E-state index >= 15 is 0 Å². The van der Waals surface area contributed by atoms with Gasteiger partial charge in [0, 0.05) is 25.2 Å². The van der Waals surface area contributed by atoms with E-state index in [1.807, 2.05) is 0 Å². The van der Waals surface area contributed by atoms with Gasteiger partial charge >= 0.3 is 5.97 Å². The van der Waals surface area contributed by atoms with E-state index < -0.39 is 21.9 Å². The summed E-state index contributed by atoms with van der Waals surface area (Å²) in [6, 6.07) is 4.23. The molecule has 1 aromatic carbocycles. The quantitative estimate of drug-likeness (QED) is 0.766. The number of methoxy groups -OCH3 is 1. The second-order valence-electron chi connectivity index (χ2n) is 6.05. The molecule has 26 heavy (non-hydrogen) atoms. The highest BCUT2D eigenvalue weighted by Crippen LogP contribution is 2.29. The van der Waals surface area contributed by atoms with Crippen molar-refractivity contribution in [3.63, 3.8) is 0 Å². The molecule has 0 atom stereocenters. The molecule has 1 heterocycles. The molecule has 10 heteroatoms. The predicted octanol–water partition coefficient (Wildman–Crippen LogP) is 1.29. The van der Waals surface area contributed by atoms with Gasteiger partial charge in [-0.25, -0.2) is 8.42 Å². The van der Waals surface area contributed by atoms with Crippen molar-refractivity contribution in [3.05, 3.63) is 23.2 Å². The average molecular weight is 405 g/mol. The molecule has 1 aliphatic rings. The number of halogens is 1. The minimum absolute atomic E-state index is 0.118. The third-order valence-electron chi connectivity index (χ3n) is 4.37. The highest BCUT2D eigenvalue weighted by molar-refractivity contribution is 7.89. The molecule has 8 nitrogen and oxygen atoms in total. The molecule has 0 radical (unpaired) electrons. The van der Waals surface area contributed by atoms with Crippen LogP contribution in [0, 0.1) is 5.92 Å². The second kappa shape index (κ2) is 8.24. The Morgan fingerprint density at radius 2 is 1.96 bits per heavy atom. The second-order valence-corrected chi connectivity index (χ2v) is 8.50. The zero-order valence-corrected chi connectivity index (χ0v) is 16.1. The van der Waals surface area contributed by atoms with Gasteiger partial charge < -0.3 is 14.7 Å². The molecule has 0 spiro atoms. The summed E-state index contributed by atoms with van der Waals surface area (Å²) >= 11 is 5.89. The van der Waals surface area contributed by atoms with E-state index in [-0.39, 0.29) is 28.1 Å². The molecule has 1 aliphatic heterocycles. The average Bonchev–Trinajstić information content (AvgIpc) is 2.61. The van der Waals surface area contributed by atoms with Crippen LogP contribution in [0.1, 0.15) is 12.8 Å². The Balaban J connectivity index is 2.09. The zero-order chi connectivity index (χ0) is 19.5. The summed E-state index contributed by atoms with van der Waals surface area (Å²) in [7, 11) is -1.33. The van der Waals surface area contributed by atoms with Crippen molar-refractivity contribution < 1.29 is 27.9 Å². The van der Waals surface area contributed by atoms with Gasteiger partial charge in [0.1, 0.15) is 10.6 Å². The van der Waals surface area contributed by atoms with Crippen LogP contribution in [0.4, 0.5) is 0 Å². The zero-order valence-electron chi connectivity index (χ0n) is 14.5. The lowest BCUT2D eigenvalue weighted by molar-refractivity contribution is -0.145. The Morgan fingerprint density at radius 3 is 2.50 bits per heavy atom. The first-order valence-corrected chi connectivity index (χ1v) is 9.79. The summed E-state index contributed by atoms with van der Waals surface area (Å²) in [5.74, 6) is -1.57. The number of hydrogen-bond donors (Lipinski definition) is 1. The van der Waals surface area contributed by atoms with Gasteiger partial charge in [-0.15, -0.1) is 0 Å². The van der Waals surface area contributed by atoms with E-state index in [0.717, 1.165) is 4.31 Å². The van der Waals surface area contributed by atoms with E-state index in [4.69, 9.17) is 21.4 Å². The number of benzene rings is 1. The summed E-state index contributed by atoms with van der Waals surface area (Å²) < 4.78 is 31.5. The molecular weight excluding hydrogens is 384 g/mol. The van der Waals surface area contributed by atoms with Crippen LogP contribution in [0.2, 0.25) is 5.02 Å². The van der Waals surface area contributed by atoms with Crippen LogP contribution in [0.15, 0.2) is 23.1 Å². The minimum atomic E-state index is -3.98. The van der Waals surface area contributed by atoms with Gasteiger partial charge in [0.05, 0.1) is 19.6 Å². The SMILES string of the molecule is COc1ccc(Cl)cc1S(=O)(=O)N(C)CC(=O)N1CCC(C(=O)O)CC1. The van der Waals surface area contributed by atoms with Gasteiger partial charge in [0.25, 0.3) is 0 Å². The molecule has 1 aromatic rings. The molecule has 1 amide bonds. The third-order valence-corrected chi connectivity index (χ3v) is 6.43. The first-order chi connectivity index (χ1) is 12.2. The van der Waals surface area contributed by atoms with Crippen LogP contribution in [0.25, 0.3) is 0 Å². The number of likely N-dealkylation sites (N-methyl/N-ethyl adjacent to an activating group) is 1.